The molecule has 2 aromatic rings. The van der Waals surface area contributed by atoms with E-state index in [-0.39, 0.29) is 24.2 Å². The van der Waals surface area contributed by atoms with Crippen LogP contribution in [0.15, 0.2) is 42.5 Å². The number of anilines is 2. The summed E-state index contributed by atoms with van der Waals surface area (Å²) >= 11 is 6.09. The molecule has 0 saturated heterocycles. The van der Waals surface area contributed by atoms with Gasteiger partial charge in [-0.15, -0.1) is 12.4 Å². The summed E-state index contributed by atoms with van der Waals surface area (Å²) < 4.78 is 0. The van der Waals surface area contributed by atoms with Crippen LogP contribution in [0.25, 0.3) is 0 Å². The van der Waals surface area contributed by atoms with Gasteiger partial charge in [-0.2, -0.15) is 0 Å². The van der Waals surface area contributed by atoms with Gasteiger partial charge < -0.3 is 16.0 Å². The van der Waals surface area contributed by atoms with Crippen LogP contribution in [0.3, 0.4) is 0 Å². The fraction of sp³-hybridized carbons (Fsp3) is 0.333. The summed E-state index contributed by atoms with van der Waals surface area (Å²) in [6.07, 6.45) is 3.86. The van der Waals surface area contributed by atoms with Gasteiger partial charge in [-0.05, 0) is 48.2 Å². The first-order chi connectivity index (χ1) is 12.9. The maximum absolute atomic E-state index is 12.4. The summed E-state index contributed by atoms with van der Waals surface area (Å²) in [7, 11) is 0. The molecule has 3 N–H and O–H groups in total. The highest BCUT2D eigenvalue weighted by Gasteiger charge is 2.37. The van der Waals surface area contributed by atoms with Crippen LogP contribution in [0.5, 0.6) is 0 Å². The number of nitrogens with zero attached hydrogens (tertiary/aromatic N) is 1. The number of carbonyl (C=O) groups excluding carboxylic acids is 2. The van der Waals surface area contributed by atoms with E-state index in [1.807, 2.05) is 42.5 Å². The molecule has 0 aromatic heterocycles. The molecule has 1 heterocycles. The molecule has 1 saturated carbocycles. The highest BCUT2D eigenvalue weighted by Crippen LogP contribution is 2.33. The van der Waals surface area contributed by atoms with Crippen molar-refractivity contribution in [1.29, 1.82) is 0 Å². The van der Waals surface area contributed by atoms with Gasteiger partial charge in [0, 0.05) is 16.4 Å². The summed E-state index contributed by atoms with van der Waals surface area (Å²) in [5, 5.41) is 3.53. The number of carbonyl (C=O) groups is 2. The number of fused-ring (bicyclic) bond motifs is 1. The van der Waals surface area contributed by atoms with Crippen LogP contribution in [0.2, 0.25) is 5.02 Å². The smallest absolute Gasteiger partial charge is 0.244 e. The second-order valence-corrected chi connectivity index (χ2v) is 7.88. The Balaban J connectivity index is 0.00000225. The summed E-state index contributed by atoms with van der Waals surface area (Å²) in [6, 6.07) is 13.1. The van der Waals surface area contributed by atoms with Crippen molar-refractivity contribution in [3.63, 3.8) is 0 Å². The molecule has 28 heavy (non-hydrogen) atoms. The number of amides is 2. The number of rotatable bonds is 4. The van der Waals surface area contributed by atoms with Crippen molar-refractivity contribution < 1.29 is 9.59 Å². The second kappa shape index (κ2) is 8.11. The lowest BCUT2D eigenvalue weighted by atomic mass is 9.98. The molecule has 1 aliphatic heterocycles. The second-order valence-electron chi connectivity index (χ2n) is 7.44. The van der Waals surface area contributed by atoms with Crippen LogP contribution in [-0.2, 0) is 22.6 Å². The standard InChI is InChI=1S/C21H22ClN3O2.ClH/c22-16-6-5-15-11-19(26)25(18(15)12-16)13-14-3-7-17(8-4-14)24-20(27)21(23)9-1-2-10-21;/h3-8,12H,1-2,9-11,13,23H2,(H,24,27);1H. The maximum Gasteiger partial charge on any atom is 0.244 e. The van der Waals surface area contributed by atoms with Gasteiger partial charge in [-0.3, -0.25) is 9.59 Å². The monoisotopic (exact) mass is 419 g/mol. The van der Waals surface area contributed by atoms with E-state index in [1.165, 1.54) is 0 Å². The molecule has 4 rings (SSSR count). The van der Waals surface area contributed by atoms with E-state index in [2.05, 4.69) is 5.32 Å². The van der Waals surface area contributed by atoms with E-state index < -0.39 is 5.54 Å². The van der Waals surface area contributed by atoms with Gasteiger partial charge in [0.05, 0.1) is 18.5 Å². The van der Waals surface area contributed by atoms with Gasteiger partial charge >= 0.3 is 0 Å². The van der Waals surface area contributed by atoms with Crippen molar-refractivity contribution >= 4 is 47.2 Å². The third kappa shape index (κ3) is 4.02. The zero-order chi connectivity index (χ0) is 19.0. The van der Waals surface area contributed by atoms with Crippen molar-refractivity contribution in [2.75, 3.05) is 10.2 Å². The molecular weight excluding hydrogens is 397 g/mol. The predicted octanol–water partition coefficient (Wildman–Crippen LogP) is 4.06. The molecular formula is C21H23Cl2N3O2. The number of benzene rings is 2. The van der Waals surface area contributed by atoms with Crippen LogP contribution >= 0.6 is 24.0 Å². The van der Waals surface area contributed by atoms with Gasteiger partial charge in [-0.1, -0.05) is 42.6 Å². The van der Waals surface area contributed by atoms with Gasteiger partial charge in [0.25, 0.3) is 0 Å². The summed E-state index contributed by atoms with van der Waals surface area (Å²) in [5.74, 6) is -0.0537. The minimum Gasteiger partial charge on any atom is -0.324 e. The quantitative estimate of drug-likeness (QED) is 0.784. The van der Waals surface area contributed by atoms with Gasteiger partial charge in [0.1, 0.15) is 0 Å². The van der Waals surface area contributed by atoms with Gasteiger partial charge in [0.2, 0.25) is 11.8 Å². The predicted molar refractivity (Wildman–Crippen MR) is 114 cm³/mol. The van der Waals surface area contributed by atoms with Crippen LogP contribution in [-0.4, -0.2) is 17.4 Å². The largest absolute Gasteiger partial charge is 0.324 e. The molecule has 7 heteroatoms. The fourth-order valence-electron chi connectivity index (χ4n) is 3.87. The Labute approximate surface area is 175 Å². The molecule has 2 aliphatic rings. The maximum atomic E-state index is 12.4. The Kier molecular flexibility index (Phi) is 5.98. The van der Waals surface area contributed by atoms with Gasteiger partial charge in [-0.25, -0.2) is 0 Å². The molecule has 0 unspecified atom stereocenters. The normalized spacial score (nSPS) is 17.2. The molecule has 1 aliphatic carbocycles. The molecule has 2 amide bonds. The van der Waals surface area contributed by atoms with E-state index in [1.54, 1.807) is 4.90 Å². The third-order valence-corrected chi connectivity index (χ3v) is 5.72. The number of nitrogens with one attached hydrogen (secondary N) is 1. The lowest BCUT2D eigenvalue weighted by molar-refractivity contribution is -0.121. The zero-order valence-corrected chi connectivity index (χ0v) is 17.0. The number of hydrogen-bond donors (Lipinski definition) is 2. The van der Waals surface area contributed by atoms with Crippen molar-refractivity contribution in [1.82, 2.24) is 0 Å². The summed E-state index contributed by atoms with van der Waals surface area (Å²) in [5.41, 5.74) is 9.02. The summed E-state index contributed by atoms with van der Waals surface area (Å²) in [6.45, 7) is 0.473. The van der Waals surface area contributed by atoms with E-state index >= 15 is 0 Å². The highest BCUT2D eigenvalue weighted by atomic mass is 35.5. The molecule has 0 radical (unpaired) electrons. The lowest BCUT2D eigenvalue weighted by Crippen LogP contribution is -2.48. The Hall–Kier alpha value is -2.08. The minimum absolute atomic E-state index is 0. The molecule has 2 aromatic carbocycles. The van der Waals surface area contributed by atoms with Crippen molar-refractivity contribution in [2.45, 2.75) is 44.2 Å². The Morgan fingerprint density at radius 3 is 2.50 bits per heavy atom. The van der Waals surface area contributed by atoms with Crippen LogP contribution in [0.1, 0.15) is 36.8 Å². The number of nitrogens with two attached hydrogens (primary N) is 1. The lowest BCUT2D eigenvalue weighted by Gasteiger charge is -2.22. The van der Waals surface area contributed by atoms with Crippen LogP contribution in [0.4, 0.5) is 11.4 Å². The first-order valence-corrected chi connectivity index (χ1v) is 9.60. The summed E-state index contributed by atoms with van der Waals surface area (Å²) in [4.78, 5) is 26.5. The molecule has 0 atom stereocenters. The van der Waals surface area contributed by atoms with Crippen molar-refractivity contribution in [3.8, 4) is 0 Å². The Bertz CT molecular complexity index is 893. The van der Waals surface area contributed by atoms with Crippen molar-refractivity contribution in [2.24, 2.45) is 5.73 Å². The molecule has 148 valence electrons. The topological polar surface area (TPSA) is 75.4 Å². The molecule has 1 fully saturated rings. The molecule has 0 spiro atoms. The molecule has 0 bridgehead atoms. The minimum atomic E-state index is -0.746. The van der Waals surface area contributed by atoms with E-state index in [9.17, 15) is 9.59 Å². The Morgan fingerprint density at radius 1 is 1.14 bits per heavy atom. The van der Waals surface area contributed by atoms with Crippen LogP contribution in [0, 0.1) is 0 Å². The fourth-order valence-corrected chi connectivity index (χ4v) is 4.03. The van der Waals surface area contributed by atoms with E-state index in [0.717, 1.165) is 48.2 Å². The van der Waals surface area contributed by atoms with E-state index in [4.69, 9.17) is 17.3 Å². The third-order valence-electron chi connectivity index (χ3n) is 5.48. The molecule has 5 nitrogen and oxygen atoms in total. The zero-order valence-electron chi connectivity index (χ0n) is 15.4. The highest BCUT2D eigenvalue weighted by molar-refractivity contribution is 6.31. The van der Waals surface area contributed by atoms with Crippen molar-refractivity contribution in [3.05, 3.63) is 58.6 Å². The number of halogens is 2. The van der Waals surface area contributed by atoms with Gasteiger partial charge in [0.15, 0.2) is 0 Å². The first-order valence-electron chi connectivity index (χ1n) is 9.23. The average molecular weight is 420 g/mol. The number of hydrogen-bond acceptors (Lipinski definition) is 3. The van der Waals surface area contributed by atoms with E-state index in [0.29, 0.717) is 18.0 Å². The van der Waals surface area contributed by atoms with Crippen LogP contribution < -0.4 is 16.0 Å². The average Bonchev–Trinajstić information content (AvgIpc) is 3.22. The first kappa shape index (κ1) is 20.6. The Morgan fingerprint density at radius 2 is 1.82 bits per heavy atom. The SMILES string of the molecule is Cl.NC1(C(=O)Nc2ccc(CN3C(=O)Cc4ccc(Cl)cc43)cc2)CCCC1.